The quantitative estimate of drug-likeness (QED) is 0.0454. The van der Waals surface area contributed by atoms with Gasteiger partial charge >= 0.3 is 25.8 Å². The molecule has 0 atom stereocenters. The van der Waals surface area contributed by atoms with Gasteiger partial charge in [0.15, 0.2) is 0 Å². The normalized spacial score (nSPS) is 10.4. The van der Waals surface area contributed by atoms with Crippen LogP contribution in [0.2, 0.25) is 0 Å². The first-order valence-corrected chi connectivity index (χ1v) is 19.4. The summed E-state index contributed by atoms with van der Waals surface area (Å²) in [5, 5.41) is 0. The summed E-state index contributed by atoms with van der Waals surface area (Å²) in [5.74, 6) is 3.69. The summed E-state index contributed by atoms with van der Waals surface area (Å²) in [7, 11) is -3.99. The molecule has 0 bridgehead atoms. The molecular weight excluding hydrogens is 859 g/mol. The Kier molecular flexibility index (Phi) is 71.1. The van der Waals surface area contributed by atoms with Gasteiger partial charge in [0.1, 0.15) is 0 Å². The standard InChI is InChI=1S/3C6H12Cl3O3P.CO.Ni/c3*7-1-4-10-13(11-5-2-8)12-6-3-9;1-2;/h3*1-6H2;;. The van der Waals surface area contributed by atoms with Crippen LogP contribution in [0.5, 0.6) is 0 Å². The molecule has 0 aromatic carbocycles. The molecular formula is C19H36Cl9NiO10P3. The average Bonchev–Trinajstić information content (AvgIpc) is 3.01. The number of halogens is 9. The molecule has 42 heavy (non-hydrogen) atoms. The SMILES string of the molecule is ClCCOP(OCCCl)OCCCl.ClCCOP(OCCCl)OCCCl.ClCCOP(OCCCl)OCCCl.[C]=O.[Ni]. The average molecular weight is 895 g/mol. The molecule has 0 unspecified atom stereocenters. The maximum Gasteiger partial charge on any atom is 0.332 e. The predicted molar refractivity (Wildman–Crippen MR) is 177 cm³/mol. The fraction of sp³-hybridized carbons (Fsp3) is 0.947. The summed E-state index contributed by atoms with van der Waals surface area (Å²) in [4.78, 5) is 7.50. The van der Waals surface area contributed by atoms with Crippen LogP contribution in [0.1, 0.15) is 0 Å². The van der Waals surface area contributed by atoms with Crippen molar-refractivity contribution in [2.45, 2.75) is 0 Å². The predicted octanol–water partition coefficient (Wildman–Crippen LogP) is 8.54. The van der Waals surface area contributed by atoms with Gasteiger partial charge in [0, 0.05) is 69.4 Å². The molecule has 2 radical (unpaired) electrons. The molecule has 0 aromatic heterocycles. The van der Waals surface area contributed by atoms with Gasteiger partial charge in [0.2, 0.25) is 0 Å². The Hall–Kier alpha value is 3.70. The van der Waals surface area contributed by atoms with Crippen LogP contribution in [0.3, 0.4) is 0 Å². The van der Waals surface area contributed by atoms with Gasteiger partial charge < -0.3 is 40.7 Å². The summed E-state index contributed by atoms with van der Waals surface area (Å²) in [6.07, 6.45) is 0. The molecule has 0 rings (SSSR count). The van der Waals surface area contributed by atoms with Crippen molar-refractivity contribution >= 4 is 137 Å². The van der Waals surface area contributed by atoms with E-state index in [4.69, 9.17) is 150 Å². The molecule has 0 amide bonds. The minimum absolute atomic E-state index is 0. The summed E-state index contributed by atoms with van der Waals surface area (Å²) < 4.78 is 46.5. The van der Waals surface area contributed by atoms with Gasteiger partial charge in [-0.1, -0.05) is 0 Å². The van der Waals surface area contributed by atoms with E-state index >= 15 is 0 Å². The van der Waals surface area contributed by atoms with Gasteiger partial charge in [-0.15, -0.1) is 104 Å². The van der Waals surface area contributed by atoms with Crippen LogP contribution in [0, 0.1) is 0 Å². The number of alkyl halides is 9. The van der Waals surface area contributed by atoms with Crippen molar-refractivity contribution in [3.8, 4) is 0 Å². The number of hydrogen-bond acceptors (Lipinski definition) is 10. The number of carbonyl (C=O) groups excluding carboxylic acids is 1. The molecule has 0 fully saturated rings. The van der Waals surface area contributed by atoms with E-state index in [9.17, 15) is 0 Å². The van der Waals surface area contributed by atoms with Gasteiger partial charge in [-0.3, -0.25) is 4.79 Å². The first-order valence-electron chi connectivity index (χ1n) is 11.4. The molecule has 0 saturated heterocycles. The molecule has 260 valence electrons. The molecule has 0 aliphatic carbocycles. The zero-order valence-electron chi connectivity index (χ0n) is 22.4. The largest absolute Gasteiger partial charge is 0.332 e. The molecule has 10 nitrogen and oxygen atoms in total. The summed E-state index contributed by atoms with van der Waals surface area (Å²) in [5.41, 5.74) is 0. The van der Waals surface area contributed by atoms with Gasteiger partial charge in [-0.25, -0.2) is 0 Å². The van der Waals surface area contributed by atoms with E-state index in [1.54, 1.807) is 0 Å². The Bertz CT molecular complexity index is 351. The molecule has 0 N–H and O–H groups in total. The van der Waals surface area contributed by atoms with Crippen molar-refractivity contribution < 1.29 is 62.0 Å². The number of hydrogen-bond donors (Lipinski definition) is 0. The smallest absolute Gasteiger partial charge is 0.311 e. The fourth-order valence-corrected chi connectivity index (χ4v) is 5.81. The Morgan fingerprint density at radius 1 is 0.310 bits per heavy atom. The Morgan fingerprint density at radius 3 is 0.476 bits per heavy atom. The second-order valence-electron chi connectivity index (χ2n) is 5.37. The van der Waals surface area contributed by atoms with Crippen LogP contribution in [-0.4, -0.2) is 119 Å². The molecule has 0 saturated carbocycles. The van der Waals surface area contributed by atoms with Crippen molar-refractivity contribution in [3.63, 3.8) is 0 Å². The number of rotatable bonds is 27. The molecule has 0 heterocycles. The summed E-state index contributed by atoms with van der Waals surface area (Å²) in [6.45, 7) is 8.11. The Morgan fingerprint density at radius 2 is 0.405 bits per heavy atom. The first-order chi connectivity index (χ1) is 20.0. The van der Waals surface area contributed by atoms with E-state index in [0.717, 1.165) is 0 Å². The van der Waals surface area contributed by atoms with Crippen molar-refractivity contribution in [2.24, 2.45) is 0 Å². The van der Waals surface area contributed by atoms with Crippen LogP contribution in [-0.2, 0) is 62.0 Å². The van der Waals surface area contributed by atoms with Crippen molar-refractivity contribution in [2.75, 3.05) is 112 Å². The van der Waals surface area contributed by atoms with E-state index in [1.165, 1.54) is 0 Å². The Labute approximate surface area is 309 Å². The van der Waals surface area contributed by atoms with Crippen molar-refractivity contribution in [3.05, 3.63) is 0 Å². The maximum atomic E-state index is 7.50. The van der Waals surface area contributed by atoms with Crippen LogP contribution in [0.15, 0.2) is 0 Å². The molecule has 0 spiro atoms. The third-order valence-electron chi connectivity index (χ3n) is 2.46. The van der Waals surface area contributed by atoms with Gasteiger partial charge in [-0.05, 0) is 0 Å². The topological polar surface area (TPSA) is 100 Å². The monoisotopic (exact) mass is 890 g/mol. The fourth-order valence-electron chi connectivity index (χ4n) is 1.32. The van der Waals surface area contributed by atoms with Crippen LogP contribution in [0.4, 0.5) is 0 Å². The van der Waals surface area contributed by atoms with Gasteiger partial charge in [-0.2, -0.15) is 0 Å². The van der Waals surface area contributed by atoms with Crippen LogP contribution in [0.25, 0.3) is 0 Å². The van der Waals surface area contributed by atoms with Crippen LogP contribution < -0.4 is 0 Å². The zero-order valence-corrected chi connectivity index (χ0v) is 32.8. The van der Waals surface area contributed by atoms with Crippen molar-refractivity contribution in [1.29, 1.82) is 0 Å². The second kappa shape index (κ2) is 54.2. The van der Waals surface area contributed by atoms with Gasteiger partial charge in [0.05, 0.1) is 59.5 Å². The van der Waals surface area contributed by atoms with Crippen molar-refractivity contribution in [1.82, 2.24) is 0 Å². The van der Waals surface area contributed by atoms with E-state index < -0.39 is 25.8 Å². The molecule has 0 aromatic rings. The van der Waals surface area contributed by atoms with E-state index in [1.807, 2.05) is 0 Å². The molecule has 23 heteroatoms. The van der Waals surface area contributed by atoms with Gasteiger partial charge in [0.25, 0.3) is 6.79 Å². The Balaban J connectivity index is -0.000000156. The molecule has 0 aliphatic rings. The second-order valence-corrected chi connectivity index (χ2v) is 12.4. The minimum atomic E-state index is -1.33. The van der Waals surface area contributed by atoms with E-state index in [-0.39, 0.29) is 16.5 Å². The maximum absolute atomic E-state index is 7.50. The van der Waals surface area contributed by atoms with E-state index in [0.29, 0.717) is 112 Å². The zero-order chi connectivity index (χ0) is 31.8. The third-order valence-corrected chi connectivity index (χ3v) is 7.39. The summed E-state index contributed by atoms with van der Waals surface area (Å²) >= 11 is 48.9. The van der Waals surface area contributed by atoms with E-state index in [2.05, 4.69) is 6.79 Å². The first kappa shape index (κ1) is 55.1. The minimum Gasteiger partial charge on any atom is -0.311 e. The molecule has 0 aliphatic heterocycles. The summed E-state index contributed by atoms with van der Waals surface area (Å²) in [6, 6.07) is 0. The third kappa shape index (κ3) is 50.6. The van der Waals surface area contributed by atoms with Crippen LogP contribution >= 0.6 is 130 Å².